The van der Waals surface area contributed by atoms with Crippen LogP contribution in [-0.2, 0) is 19.9 Å². The van der Waals surface area contributed by atoms with Crippen molar-refractivity contribution in [3.63, 3.8) is 0 Å². The number of esters is 2. The molecule has 5 heteroatoms. The minimum Gasteiger partial charge on any atom is -0.389 e. The van der Waals surface area contributed by atoms with Crippen molar-refractivity contribution in [2.75, 3.05) is 6.54 Å². The fraction of sp³-hybridized carbons (Fsp3) is 0.263. The van der Waals surface area contributed by atoms with Crippen molar-refractivity contribution in [2.24, 2.45) is 0 Å². The van der Waals surface area contributed by atoms with Gasteiger partial charge in [-0.05, 0) is 30.5 Å². The van der Waals surface area contributed by atoms with E-state index in [0.717, 1.165) is 24.1 Å². The normalized spacial score (nSPS) is 20.3. The second-order valence-electron chi connectivity index (χ2n) is 6.16. The first-order valence-corrected chi connectivity index (χ1v) is 8.03. The molecular weight excluding hydrogens is 306 g/mol. The largest absolute Gasteiger partial charge is 0.389 e. The predicted molar refractivity (Wildman–Crippen MR) is 87.0 cm³/mol. The molecule has 0 unspecified atom stereocenters. The molecule has 2 aliphatic rings. The minimum atomic E-state index is -1.96. The summed E-state index contributed by atoms with van der Waals surface area (Å²) in [6.07, 6.45) is 1.50. The van der Waals surface area contributed by atoms with Gasteiger partial charge < -0.3 is 15.2 Å². The summed E-state index contributed by atoms with van der Waals surface area (Å²) in [5.41, 5.74) is 0.492. The summed E-state index contributed by atoms with van der Waals surface area (Å²) in [4.78, 5) is 24.9. The van der Waals surface area contributed by atoms with E-state index in [-0.39, 0.29) is 0 Å². The van der Waals surface area contributed by atoms with Crippen LogP contribution in [0.2, 0.25) is 0 Å². The number of ether oxygens (including phenoxy) is 1. The van der Waals surface area contributed by atoms with Gasteiger partial charge in [0.2, 0.25) is 5.60 Å². The molecule has 1 saturated heterocycles. The molecule has 2 aromatic carbocycles. The van der Waals surface area contributed by atoms with Crippen LogP contribution in [0.25, 0.3) is 11.1 Å². The Morgan fingerprint density at radius 3 is 2.17 bits per heavy atom. The highest BCUT2D eigenvalue weighted by atomic mass is 16.6. The smallest absolute Gasteiger partial charge is 0.355 e. The van der Waals surface area contributed by atoms with Gasteiger partial charge in [-0.1, -0.05) is 48.5 Å². The molecule has 1 fully saturated rings. The van der Waals surface area contributed by atoms with Crippen LogP contribution in [-0.4, -0.2) is 29.6 Å². The van der Waals surface area contributed by atoms with Crippen LogP contribution in [0.4, 0.5) is 0 Å². The van der Waals surface area contributed by atoms with Gasteiger partial charge in [-0.3, -0.25) is 0 Å². The molecule has 5 nitrogen and oxygen atoms in total. The van der Waals surface area contributed by atoms with Crippen LogP contribution in [0.1, 0.15) is 24.0 Å². The highest BCUT2D eigenvalue weighted by Crippen LogP contribution is 2.47. The molecule has 1 heterocycles. The van der Waals surface area contributed by atoms with Gasteiger partial charge in [0.15, 0.2) is 0 Å². The standard InChI is InChI=1S/C19H17NO4/c21-17(16-10-5-11-20-16)24-18(22)19(23)14-8-3-1-6-12(14)13-7-2-4-9-15(13)19/h1-4,6-9,16,20,23H,5,10-11H2/t16-/m0/s1. The molecule has 122 valence electrons. The molecule has 0 aromatic heterocycles. The number of aliphatic hydroxyl groups is 1. The van der Waals surface area contributed by atoms with Gasteiger partial charge in [0.25, 0.3) is 0 Å². The number of benzene rings is 2. The lowest BCUT2D eigenvalue weighted by Gasteiger charge is -2.23. The monoisotopic (exact) mass is 323 g/mol. The van der Waals surface area contributed by atoms with Crippen molar-refractivity contribution >= 4 is 11.9 Å². The number of hydrogen-bond donors (Lipinski definition) is 2. The number of hydrogen-bond acceptors (Lipinski definition) is 5. The molecule has 0 bridgehead atoms. The van der Waals surface area contributed by atoms with Crippen LogP contribution >= 0.6 is 0 Å². The maximum atomic E-state index is 12.7. The Balaban J connectivity index is 1.73. The number of nitrogens with one attached hydrogen (secondary N) is 1. The zero-order valence-electron chi connectivity index (χ0n) is 13.0. The lowest BCUT2D eigenvalue weighted by atomic mass is 9.91. The Morgan fingerprint density at radius 1 is 1.04 bits per heavy atom. The molecule has 0 radical (unpaired) electrons. The fourth-order valence-corrected chi connectivity index (χ4v) is 3.55. The summed E-state index contributed by atoms with van der Waals surface area (Å²) >= 11 is 0. The molecule has 0 amide bonds. The summed E-state index contributed by atoms with van der Waals surface area (Å²) < 4.78 is 5.04. The topological polar surface area (TPSA) is 75.6 Å². The average Bonchev–Trinajstić information content (AvgIpc) is 3.23. The molecule has 1 atom stereocenters. The number of carbonyl (C=O) groups excluding carboxylic acids is 2. The Labute approximate surface area is 139 Å². The van der Waals surface area contributed by atoms with Gasteiger partial charge in [0.05, 0.1) is 0 Å². The van der Waals surface area contributed by atoms with E-state index in [4.69, 9.17) is 4.74 Å². The predicted octanol–water partition coefficient (Wildman–Crippen LogP) is 1.72. The van der Waals surface area contributed by atoms with E-state index in [0.29, 0.717) is 17.5 Å². The maximum Gasteiger partial charge on any atom is 0.355 e. The maximum absolute atomic E-state index is 12.7. The van der Waals surface area contributed by atoms with Crippen molar-refractivity contribution < 1.29 is 19.4 Å². The third-order valence-electron chi connectivity index (χ3n) is 4.76. The zero-order chi connectivity index (χ0) is 16.7. The van der Waals surface area contributed by atoms with Gasteiger partial charge >= 0.3 is 11.9 Å². The fourth-order valence-electron chi connectivity index (χ4n) is 3.55. The van der Waals surface area contributed by atoms with E-state index in [1.54, 1.807) is 24.3 Å². The molecule has 24 heavy (non-hydrogen) atoms. The summed E-state index contributed by atoms with van der Waals surface area (Å²) in [6, 6.07) is 13.8. The molecule has 1 aliphatic heterocycles. The van der Waals surface area contributed by atoms with Crippen LogP contribution in [0, 0.1) is 0 Å². The Kier molecular flexibility index (Phi) is 3.48. The second-order valence-corrected chi connectivity index (χ2v) is 6.16. The van der Waals surface area contributed by atoms with Gasteiger partial charge in [-0.2, -0.15) is 0 Å². The first-order valence-electron chi connectivity index (χ1n) is 8.03. The lowest BCUT2D eigenvalue weighted by molar-refractivity contribution is -0.172. The van der Waals surface area contributed by atoms with E-state index < -0.39 is 23.6 Å². The molecule has 4 rings (SSSR count). The zero-order valence-corrected chi connectivity index (χ0v) is 13.0. The van der Waals surface area contributed by atoms with E-state index in [1.165, 1.54) is 0 Å². The van der Waals surface area contributed by atoms with E-state index >= 15 is 0 Å². The van der Waals surface area contributed by atoms with Gasteiger partial charge in [-0.15, -0.1) is 0 Å². The highest BCUT2D eigenvalue weighted by Gasteiger charge is 2.50. The average molecular weight is 323 g/mol. The Morgan fingerprint density at radius 2 is 1.62 bits per heavy atom. The SMILES string of the molecule is O=C(OC(=O)C1(O)c2ccccc2-c2ccccc21)[C@@H]1CCCN1. The highest BCUT2D eigenvalue weighted by molar-refractivity contribution is 6.00. The van der Waals surface area contributed by atoms with Crippen molar-refractivity contribution in [1.29, 1.82) is 0 Å². The van der Waals surface area contributed by atoms with Crippen molar-refractivity contribution in [1.82, 2.24) is 5.32 Å². The molecule has 0 spiro atoms. The third kappa shape index (κ3) is 2.09. The summed E-state index contributed by atoms with van der Waals surface area (Å²) in [6.45, 7) is 0.726. The van der Waals surface area contributed by atoms with Crippen LogP contribution in [0.15, 0.2) is 48.5 Å². The van der Waals surface area contributed by atoms with Crippen molar-refractivity contribution in [2.45, 2.75) is 24.5 Å². The number of rotatable bonds is 2. The van der Waals surface area contributed by atoms with E-state index in [2.05, 4.69) is 5.32 Å². The van der Waals surface area contributed by atoms with Crippen LogP contribution in [0.5, 0.6) is 0 Å². The quantitative estimate of drug-likeness (QED) is 0.650. The van der Waals surface area contributed by atoms with Gasteiger partial charge in [0, 0.05) is 11.1 Å². The second kappa shape index (κ2) is 5.54. The van der Waals surface area contributed by atoms with Crippen molar-refractivity contribution in [3.05, 3.63) is 59.7 Å². The van der Waals surface area contributed by atoms with Crippen molar-refractivity contribution in [3.8, 4) is 11.1 Å². The molecule has 1 aliphatic carbocycles. The van der Waals surface area contributed by atoms with Gasteiger partial charge in [0.1, 0.15) is 6.04 Å². The summed E-state index contributed by atoms with van der Waals surface area (Å²) in [5, 5.41) is 14.2. The molecule has 2 aromatic rings. The molecular formula is C19H17NO4. The van der Waals surface area contributed by atoms with Gasteiger partial charge in [-0.25, -0.2) is 9.59 Å². The molecule has 0 saturated carbocycles. The summed E-state index contributed by atoms with van der Waals surface area (Å²) in [5.74, 6) is -1.58. The first kappa shape index (κ1) is 15.1. The third-order valence-corrected chi connectivity index (χ3v) is 4.76. The Hall–Kier alpha value is -2.50. The van der Waals surface area contributed by atoms with E-state index in [9.17, 15) is 14.7 Å². The molecule has 2 N–H and O–H groups in total. The Bertz CT molecular complexity index is 778. The first-order chi connectivity index (χ1) is 11.6. The lowest BCUT2D eigenvalue weighted by Crippen LogP contribution is -2.42. The van der Waals surface area contributed by atoms with Crippen LogP contribution < -0.4 is 5.32 Å². The van der Waals surface area contributed by atoms with E-state index in [1.807, 2.05) is 24.3 Å². The van der Waals surface area contributed by atoms with Crippen LogP contribution in [0.3, 0.4) is 0 Å². The number of carbonyl (C=O) groups is 2. The minimum absolute atomic E-state index is 0.448. The summed E-state index contributed by atoms with van der Waals surface area (Å²) in [7, 11) is 0. The number of fused-ring (bicyclic) bond motifs is 3.